The Hall–Kier alpha value is -0.690. The molecule has 0 unspecified atom stereocenters. The molecule has 0 amide bonds. The second kappa shape index (κ2) is 7.19. The number of rotatable bonds is 7. The highest BCUT2D eigenvalue weighted by Gasteiger charge is 2.17. The van der Waals surface area contributed by atoms with E-state index < -0.39 is 10.0 Å². The van der Waals surface area contributed by atoms with Gasteiger partial charge in [-0.15, -0.1) is 0 Å². The molecule has 0 saturated heterocycles. The van der Waals surface area contributed by atoms with Gasteiger partial charge in [0.2, 0.25) is 10.0 Å². The molecule has 0 aromatic heterocycles. The number of nitrogens with two attached hydrogens (primary N) is 1. The third kappa shape index (κ3) is 4.72. The maximum atomic E-state index is 12.0. The molecule has 3 N–H and O–H groups in total. The number of hydrogen-bond donors (Lipinski definition) is 2. The molecule has 1 aromatic rings. The Labute approximate surface area is 124 Å². The zero-order chi connectivity index (χ0) is 14.5. The number of hydrogen-bond acceptors (Lipinski definition) is 3. The zero-order valence-corrected chi connectivity index (χ0v) is 13.0. The van der Waals surface area contributed by atoms with Crippen molar-refractivity contribution in [1.29, 1.82) is 0 Å². The molecule has 0 spiro atoms. The fraction of sp³-hybridized carbons (Fsp3) is 0.417. The maximum absolute atomic E-state index is 12.0. The minimum Gasteiger partial charge on any atom is -0.389 e. The molecule has 0 radical (unpaired) electrons. The van der Waals surface area contributed by atoms with Crippen molar-refractivity contribution in [2.75, 3.05) is 6.54 Å². The van der Waals surface area contributed by atoms with Gasteiger partial charge in [-0.1, -0.05) is 49.7 Å². The Bertz CT molecular complexity index is 559. The van der Waals surface area contributed by atoms with Crippen molar-refractivity contribution in [2.45, 2.75) is 31.1 Å². The second-order valence-corrected chi connectivity index (χ2v) is 6.70. The Kier molecular flexibility index (Phi) is 6.19. The average molecular weight is 321 g/mol. The van der Waals surface area contributed by atoms with Crippen molar-refractivity contribution in [1.82, 2.24) is 4.72 Å². The van der Waals surface area contributed by atoms with Gasteiger partial charge in [0, 0.05) is 12.1 Å². The third-order valence-electron chi connectivity index (χ3n) is 2.58. The quantitative estimate of drug-likeness (QED) is 0.598. The summed E-state index contributed by atoms with van der Waals surface area (Å²) in [5, 5.41) is 0.119. The van der Waals surface area contributed by atoms with Gasteiger partial charge in [0.15, 0.2) is 0 Å². The van der Waals surface area contributed by atoms with Crippen LogP contribution in [0.5, 0.6) is 0 Å². The van der Waals surface area contributed by atoms with Crippen LogP contribution in [0.3, 0.4) is 0 Å². The van der Waals surface area contributed by atoms with Crippen LogP contribution < -0.4 is 10.5 Å². The van der Waals surface area contributed by atoms with Crippen LogP contribution in [-0.2, 0) is 10.0 Å². The lowest BCUT2D eigenvalue weighted by Gasteiger charge is -2.09. The Balaban J connectivity index is 2.87. The van der Waals surface area contributed by atoms with E-state index in [4.69, 9.17) is 29.6 Å². The van der Waals surface area contributed by atoms with Gasteiger partial charge in [-0.3, -0.25) is 0 Å². The molecule has 0 heterocycles. The highest BCUT2D eigenvalue weighted by atomic mass is 35.5. The predicted molar refractivity (Wildman–Crippen MR) is 82.1 cm³/mol. The van der Waals surface area contributed by atoms with E-state index in [1.165, 1.54) is 12.1 Å². The van der Waals surface area contributed by atoms with Gasteiger partial charge in [-0.25, -0.2) is 13.1 Å². The van der Waals surface area contributed by atoms with Gasteiger partial charge >= 0.3 is 0 Å². The molecule has 1 rings (SSSR count). The lowest BCUT2D eigenvalue weighted by Crippen LogP contribution is -2.25. The average Bonchev–Trinajstić information content (AvgIpc) is 2.34. The fourth-order valence-electron chi connectivity index (χ4n) is 1.53. The van der Waals surface area contributed by atoms with Gasteiger partial charge in [-0.05, 0) is 18.6 Å². The number of nitrogens with one attached hydrogen (secondary N) is 1. The first-order valence-corrected chi connectivity index (χ1v) is 8.24. The first-order valence-electron chi connectivity index (χ1n) is 5.97. The second-order valence-electron chi connectivity index (χ2n) is 4.11. The molecule has 0 bridgehead atoms. The number of sulfonamides is 1. The summed E-state index contributed by atoms with van der Waals surface area (Å²) >= 11 is 10.8. The van der Waals surface area contributed by atoms with Crippen molar-refractivity contribution in [2.24, 2.45) is 5.73 Å². The van der Waals surface area contributed by atoms with E-state index in [-0.39, 0.29) is 14.9 Å². The van der Waals surface area contributed by atoms with Gasteiger partial charge in [0.1, 0.15) is 9.88 Å². The van der Waals surface area contributed by atoms with E-state index in [9.17, 15) is 8.42 Å². The van der Waals surface area contributed by atoms with Crippen LogP contribution in [0.4, 0.5) is 0 Å². The SMILES string of the molecule is CCCCCNS(=O)(=O)c1ccc(C(N)=S)cc1Cl. The topological polar surface area (TPSA) is 72.2 Å². The molecule has 1 aromatic carbocycles. The minimum atomic E-state index is -3.58. The lowest BCUT2D eigenvalue weighted by molar-refractivity contribution is 0.576. The molecule has 0 saturated carbocycles. The maximum Gasteiger partial charge on any atom is 0.242 e. The number of unbranched alkanes of at least 4 members (excludes halogenated alkanes) is 2. The Morgan fingerprint density at radius 1 is 1.42 bits per heavy atom. The predicted octanol–water partition coefficient (Wildman–Crippen LogP) is 2.44. The molecule has 0 aliphatic rings. The van der Waals surface area contributed by atoms with Crippen molar-refractivity contribution in [3.05, 3.63) is 28.8 Å². The highest BCUT2D eigenvalue weighted by molar-refractivity contribution is 7.89. The van der Waals surface area contributed by atoms with Crippen molar-refractivity contribution >= 4 is 38.8 Å². The summed E-state index contributed by atoms with van der Waals surface area (Å²) in [5.41, 5.74) is 6.01. The summed E-state index contributed by atoms with van der Waals surface area (Å²) < 4.78 is 26.6. The number of benzene rings is 1. The summed E-state index contributed by atoms with van der Waals surface area (Å²) in [6.45, 7) is 2.46. The molecule has 7 heteroatoms. The Morgan fingerprint density at radius 3 is 2.63 bits per heavy atom. The molecule has 0 aliphatic carbocycles. The molecule has 0 fully saturated rings. The van der Waals surface area contributed by atoms with Gasteiger partial charge in [-0.2, -0.15) is 0 Å². The standard InChI is InChI=1S/C12H17ClN2O2S2/c1-2-3-4-7-15-19(16,17)11-6-5-9(12(14)18)8-10(11)13/h5-6,8,15H,2-4,7H2,1H3,(H2,14,18). The van der Waals surface area contributed by atoms with Crippen molar-refractivity contribution in [3.8, 4) is 0 Å². The van der Waals surface area contributed by atoms with Crippen LogP contribution in [-0.4, -0.2) is 20.0 Å². The first-order chi connectivity index (χ1) is 8.88. The summed E-state index contributed by atoms with van der Waals surface area (Å²) in [7, 11) is -3.58. The van der Waals surface area contributed by atoms with Crippen LogP contribution in [0.2, 0.25) is 5.02 Å². The molecular weight excluding hydrogens is 304 g/mol. The van der Waals surface area contributed by atoms with E-state index in [1.807, 2.05) is 0 Å². The van der Waals surface area contributed by atoms with Crippen LogP contribution >= 0.6 is 23.8 Å². The smallest absolute Gasteiger partial charge is 0.242 e. The molecule has 106 valence electrons. The van der Waals surface area contributed by atoms with Crippen LogP contribution in [0, 0.1) is 0 Å². The largest absolute Gasteiger partial charge is 0.389 e. The van der Waals surface area contributed by atoms with Gasteiger partial charge in [0.25, 0.3) is 0 Å². The van der Waals surface area contributed by atoms with Crippen LogP contribution in [0.25, 0.3) is 0 Å². The fourth-order valence-corrected chi connectivity index (χ4v) is 3.27. The number of thiocarbonyl (C=S) groups is 1. The third-order valence-corrected chi connectivity index (χ3v) is 4.76. The van der Waals surface area contributed by atoms with Crippen LogP contribution in [0.15, 0.2) is 23.1 Å². The van der Waals surface area contributed by atoms with E-state index in [2.05, 4.69) is 11.6 Å². The molecule has 19 heavy (non-hydrogen) atoms. The monoisotopic (exact) mass is 320 g/mol. The first kappa shape index (κ1) is 16.4. The highest BCUT2D eigenvalue weighted by Crippen LogP contribution is 2.22. The summed E-state index contributed by atoms with van der Waals surface area (Å²) in [4.78, 5) is 0.229. The van der Waals surface area contributed by atoms with Crippen molar-refractivity contribution < 1.29 is 8.42 Å². The Morgan fingerprint density at radius 2 is 2.11 bits per heavy atom. The van der Waals surface area contributed by atoms with Crippen molar-refractivity contribution in [3.63, 3.8) is 0 Å². The van der Waals surface area contributed by atoms with E-state index in [0.29, 0.717) is 12.1 Å². The number of halogens is 1. The summed E-state index contributed by atoms with van der Waals surface area (Å²) in [6, 6.07) is 4.43. The normalized spacial score (nSPS) is 11.5. The molecule has 0 atom stereocenters. The van der Waals surface area contributed by atoms with E-state index in [0.717, 1.165) is 19.3 Å². The molecular formula is C12H17ClN2O2S2. The minimum absolute atomic E-state index is 0.0469. The molecule has 0 aliphatic heterocycles. The van der Waals surface area contributed by atoms with E-state index >= 15 is 0 Å². The van der Waals surface area contributed by atoms with Gasteiger partial charge in [0.05, 0.1) is 5.02 Å². The summed E-state index contributed by atoms with van der Waals surface area (Å²) in [5.74, 6) is 0. The van der Waals surface area contributed by atoms with Gasteiger partial charge < -0.3 is 5.73 Å². The van der Waals surface area contributed by atoms with Crippen LogP contribution in [0.1, 0.15) is 31.7 Å². The van der Waals surface area contributed by atoms with E-state index in [1.54, 1.807) is 6.07 Å². The lowest BCUT2D eigenvalue weighted by atomic mass is 10.2. The molecule has 4 nitrogen and oxygen atoms in total. The zero-order valence-electron chi connectivity index (χ0n) is 10.6. The summed E-state index contributed by atoms with van der Waals surface area (Å²) in [6.07, 6.45) is 2.82.